The fourth-order valence-corrected chi connectivity index (χ4v) is 7.22. The molecule has 0 fully saturated rings. The van der Waals surface area contributed by atoms with Gasteiger partial charge in [0.25, 0.3) is 0 Å². The van der Waals surface area contributed by atoms with Crippen molar-refractivity contribution < 1.29 is 9.47 Å². The van der Waals surface area contributed by atoms with E-state index in [4.69, 9.17) is 14.5 Å². The molecule has 5 nitrogen and oxygen atoms in total. The molecular formula is C44H29N3O2. The number of aliphatic imine (C=N–C) groups is 1. The zero-order chi connectivity index (χ0) is 32.3. The number of amidine groups is 1. The van der Waals surface area contributed by atoms with Crippen LogP contribution in [0.5, 0.6) is 23.0 Å². The van der Waals surface area contributed by atoms with Crippen LogP contribution in [0.15, 0.2) is 169 Å². The number of nitrogens with one attached hydrogen (secondary N) is 1. The first kappa shape index (κ1) is 27.5. The van der Waals surface area contributed by atoms with Gasteiger partial charge in [0, 0.05) is 27.4 Å². The Labute approximate surface area is 283 Å². The lowest BCUT2D eigenvalue weighted by Crippen LogP contribution is -2.31. The third-order valence-corrected chi connectivity index (χ3v) is 9.49. The van der Waals surface area contributed by atoms with Crippen LogP contribution in [-0.2, 0) is 0 Å². The predicted molar refractivity (Wildman–Crippen MR) is 198 cm³/mol. The molecule has 232 valence electrons. The highest BCUT2D eigenvalue weighted by Crippen LogP contribution is 2.54. The lowest BCUT2D eigenvalue weighted by atomic mass is 10.00. The molecule has 2 aliphatic rings. The Morgan fingerprint density at radius 3 is 1.86 bits per heavy atom. The maximum Gasteiger partial charge on any atom is 0.195 e. The van der Waals surface area contributed by atoms with E-state index in [0.29, 0.717) is 11.5 Å². The van der Waals surface area contributed by atoms with Crippen LogP contribution in [0.4, 0.5) is 0 Å². The van der Waals surface area contributed by atoms with Crippen LogP contribution in [0.2, 0.25) is 0 Å². The van der Waals surface area contributed by atoms with Gasteiger partial charge in [0.15, 0.2) is 23.0 Å². The van der Waals surface area contributed by atoms with E-state index in [1.54, 1.807) is 0 Å². The van der Waals surface area contributed by atoms with Gasteiger partial charge in [0.05, 0.1) is 17.3 Å². The van der Waals surface area contributed by atoms with Crippen molar-refractivity contribution >= 4 is 44.1 Å². The van der Waals surface area contributed by atoms with Gasteiger partial charge in [-0.3, -0.25) is 0 Å². The molecule has 0 aliphatic carbocycles. The molecular weight excluding hydrogens is 603 g/mol. The highest BCUT2D eigenvalue weighted by molar-refractivity contribution is 6.25. The lowest BCUT2D eigenvalue weighted by Gasteiger charge is -2.25. The molecule has 49 heavy (non-hydrogen) atoms. The van der Waals surface area contributed by atoms with Crippen molar-refractivity contribution in [2.45, 2.75) is 6.04 Å². The van der Waals surface area contributed by atoms with Crippen LogP contribution >= 0.6 is 0 Å². The molecule has 5 heteroatoms. The summed E-state index contributed by atoms with van der Waals surface area (Å²) in [5.74, 6) is 3.74. The average molecular weight is 632 g/mol. The Morgan fingerprint density at radius 2 is 1.12 bits per heavy atom. The lowest BCUT2D eigenvalue weighted by molar-refractivity contribution is 0.366. The molecule has 10 rings (SSSR count). The van der Waals surface area contributed by atoms with Crippen molar-refractivity contribution in [2.75, 3.05) is 0 Å². The number of nitrogens with zero attached hydrogens (tertiary/aromatic N) is 2. The summed E-state index contributed by atoms with van der Waals surface area (Å²) in [6, 6.07) is 54.3. The van der Waals surface area contributed by atoms with E-state index in [0.717, 1.165) is 78.0 Å². The van der Waals surface area contributed by atoms with Crippen molar-refractivity contribution in [1.29, 1.82) is 0 Å². The standard InChI is InChI=1S/C44H29N3O2/c1-3-13-28(14-4-1)35-27-36(46-44(45-35)30-15-5-2-6-16-30)29-23-25-31(26-24-29)47-37-20-10-9-19-34(37)40-32-17-7-8-18-33(32)42-43(41(40)47)49-39-22-12-11-21-38(39)48-42/h1-27,36H,(H,45,46). The Kier molecular flexibility index (Phi) is 6.18. The van der Waals surface area contributed by atoms with Crippen molar-refractivity contribution in [3.63, 3.8) is 0 Å². The van der Waals surface area contributed by atoms with Crippen LogP contribution < -0.4 is 14.8 Å². The summed E-state index contributed by atoms with van der Waals surface area (Å²) in [5.41, 5.74) is 7.36. The van der Waals surface area contributed by atoms with Crippen LogP contribution in [-0.4, -0.2) is 10.4 Å². The topological polar surface area (TPSA) is 47.8 Å². The van der Waals surface area contributed by atoms with Gasteiger partial charge in [-0.05, 0) is 52.9 Å². The molecule has 0 saturated carbocycles. The number of aromatic nitrogens is 1. The molecule has 1 aromatic heterocycles. The maximum atomic E-state index is 6.74. The van der Waals surface area contributed by atoms with Gasteiger partial charge >= 0.3 is 0 Å². The largest absolute Gasteiger partial charge is 0.449 e. The minimum absolute atomic E-state index is 0.0694. The summed E-state index contributed by atoms with van der Waals surface area (Å²) < 4.78 is 15.7. The van der Waals surface area contributed by atoms with Gasteiger partial charge in [-0.1, -0.05) is 127 Å². The number of hydrogen-bond acceptors (Lipinski definition) is 4. The highest BCUT2D eigenvalue weighted by Gasteiger charge is 2.29. The smallest absolute Gasteiger partial charge is 0.195 e. The molecule has 0 saturated heterocycles. The molecule has 3 heterocycles. The van der Waals surface area contributed by atoms with Crippen LogP contribution in [0.1, 0.15) is 22.7 Å². The summed E-state index contributed by atoms with van der Waals surface area (Å²) in [7, 11) is 0. The van der Waals surface area contributed by atoms with Gasteiger partial charge in [0.1, 0.15) is 11.4 Å². The van der Waals surface area contributed by atoms with Crippen molar-refractivity contribution in [2.24, 2.45) is 4.99 Å². The number of benzene rings is 7. The van der Waals surface area contributed by atoms with Crippen LogP contribution in [0, 0.1) is 0 Å². The monoisotopic (exact) mass is 631 g/mol. The van der Waals surface area contributed by atoms with Gasteiger partial charge < -0.3 is 19.4 Å². The summed E-state index contributed by atoms with van der Waals surface area (Å²) >= 11 is 0. The van der Waals surface area contributed by atoms with E-state index >= 15 is 0 Å². The second-order valence-electron chi connectivity index (χ2n) is 12.4. The molecule has 7 aromatic carbocycles. The van der Waals surface area contributed by atoms with Gasteiger partial charge in [-0.15, -0.1) is 0 Å². The quantitative estimate of drug-likeness (QED) is 0.210. The number of rotatable bonds is 4. The number of fused-ring (bicyclic) bond motifs is 9. The Hall–Kier alpha value is -6.59. The first-order valence-electron chi connectivity index (χ1n) is 16.5. The van der Waals surface area contributed by atoms with Crippen molar-refractivity contribution in [3.05, 3.63) is 180 Å². The van der Waals surface area contributed by atoms with Gasteiger partial charge in [-0.25, -0.2) is 4.99 Å². The van der Waals surface area contributed by atoms with E-state index in [9.17, 15) is 0 Å². The van der Waals surface area contributed by atoms with E-state index in [1.807, 2.05) is 48.5 Å². The molecule has 0 spiro atoms. The third-order valence-electron chi connectivity index (χ3n) is 9.49. The first-order chi connectivity index (χ1) is 24.3. The average Bonchev–Trinajstić information content (AvgIpc) is 3.53. The highest BCUT2D eigenvalue weighted by atomic mass is 16.6. The van der Waals surface area contributed by atoms with E-state index in [2.05, 4.69) is 125 Å². The molecule has 0 amide bonds. The Morgan fingerprint density at radius 1 is 0.531 bits per heavy atom. The Bertz CT molecular complexity index is 2620. The number of hydrogen-bond donors (Lipinski definition) is 1. The maximum absolute atomic E-state index is 6.74. The van der Waals surface area contributed by atoms with Crippen LogP contribution in [0.3, 0.4) is 0 Å². The second-order valence-corrected chi connectivity index (χ2v) is 12.4. The summed E-state index contributed by atoms with van der Waals surface area (Å²) in [5, 5.41) is 8.16. The van der Waals surface area contributed by atoms with E-state index in [-0.39, 0.29) is 6.04 Å². The first-order valence-corrected chi connectivity index (χ1v) is 16.5. The summed E-state index contributed by atoms with van der Waals surface area (Å²) in [4.78, 5) is 5.04. The molecule has 1 atom stereocenters. The van der Waals surface area contributed by atoms with E-state index in [1.165, 1.54) is 0 Å². The number of ether oxygens (including phenoxy) is 2. The van der Waals surface area contributed by atoms with Gasteiger partial charge in [-0.2, -0.15) is 0 Å². The minimum atomic E-state index is -0.0694. The fraction of sp³-hybridized carbons (Fsp3) is 0.0227. The third kappa shape index (κ3) is 4.44. The zero-order valence-corrected chi connectivity index (χ0v) is 26.4. The SMILES string of the molecule is C1=C(c2ccccc2)N=C(c2ccccc2)NC1c1ccc(-n2c3ccccc3c3c4ccccc4c4c(c32)Oc2ccccc2O4)cc1. The van der Waals surface area contributed by atoms with Crippen LogP contribution in [0.25, 0.3) is 44.0 Å². The summed E-state index contributed by atoms with van der Waals surface area (Å²) in [6.07, 6.45) is 2.21. The summed E-state index contributed by atoms with van der Waals surface area (Å²) in [6.45, 7) is 0. The van der Waals surface area contributed by atoms with Crippen molar-refractivity contribution in [3.8, 4) is 28.7 Å². The van der Waals surface area contributed by atoms with E-state index < -0.39 is 0 Å². The number of para-hydroxylation sites is 3. The van der Waals surface area contributed by atoms with Gasteiger partial charge in [0.2, 0.25) is 0 Å². The molecule has 2 aliphatic heterocycles. The fourth-order valence-electron chi connectivity index (χ4n) is 7.22. The van der Waals surface area contributed by atoms with Crippen molar-refractivity contribution in [1.82, 2.24) is 9.88 Å². The second kappa shape index (κ2) is 11.0. The molecule has 8 aromatic rings. The Balaban J connectivity index is 1.14. The molecule has 0 radical (unpaired) electrons. The molecule has 0 bridgehead atoms. The molecule has 1 unspecified atom stereocenters. The minimum Gasteiger partial charge on any atom is -0.449 e. The molecule has 1 N–H and O–H groups in total. The zero-order valence-electron chi connectivity index (χ0n) is 26.4. The normalized spacial score (nSPS) is 15.1. The predicted octanol–water partition coefficient (Wildman–Crippen LogP) is 11.0.